The van der Waals surface area contributed by atoms with E-state index < -0.39 is 44.9 Å². The zero-order valence-electron chi connectivity index (χ0n) is 32.4. The SMILES string of the molecule is Nc1cc(NCC(=O)[O-])ccc1N=Nc1ccc(-c2ccc(N=Nc3c(S(=O)(=O)O)cc4ccc(N=Nc5ccc(NCC(=O)[O-])cc5N)cc4c3[O-])cc2)cc1.[Na+].[Na+].[Na+]. The van der Waals surface area contributed by atoms with Crippen molar-refractivity contribution in [1.82, 2.24) is 0 Å². The maximum Gasteiger partial charge on any atom is 1.00 e. The smallest absolute Gasteiger partial charge is 0.871 e. The number of rotatable bonds is 14. The number of hydrogen-bond donors (Lipinski definition) is 5. The van der Waals surface area contributed by atoms with Crippen LogP contribution in [0.5, 0.6) is 5.75 Å². The van der Waals surface area contributed by atoms with Crippen LogP contribution in [0.1, 0.15) is 0 Å². The summed E-state index contributed by atoms with van der Waals surface area (Å²) in [5, 5.41) is 65.1. The predicted molar refractivity (Wildman–Crippen MR) is 206 cm³/mol. The maximum absolute atomic E-state index is 13.6. The number of benzene rings is 6. The Morgan fingerprint density at radius 2 is 1.02 bits per heavy atom. The molecule has 18 nitrogen and oxygen atoms in total. The van der Waals surface area contributed by atoms with Crippen molar-refractivity contribution in [2.24, 2.45) is 30.7 Å². The number of carbonyl (C=O) groups is 2. The van der Waals surface area contributed by atoms with Crippen molar-refractivity contribution in [1.29, 1.82) is 0 Å². The second kappa shape index (κ2) is 22.2. The minimum atomic E-state index is -4.89. The van der Waals surface area contributed by atoms with Gasteiger partial charge >= 0.3 is 88.7 Å². The second-order valence-corrected chi connectivity index (χ2v) is 13.5. The van der Waals surface area contributed by atoms with Gasteiger partial charge in [-0.3, -0.25) is 4.55 Å². The third-order valence-electron chi connectivity index (χ3n) is 8.10. The van der Waals surface area contributed by atoms with Crippen LogP contribution < -0.4 is 126 Å². The molecule has 6 rings (SSSR count). The molecule has 0 amide bonds. The van der Waals surface area contributed by atoms with E-state index in [4.69, 9.17) is 11.5 Å². The molecule has 0 aliphatic heterocycles. The zero-order valence-corrected chi connectivity index (χ0v) is 39.2. The molecule has 6 aromatic rings. The monoisotopic (exact) mass is 854 g/mol. The van der Waals surface area contributed by atoms with Crippen LogP contribution in [0.15, 0.2) is 145 Å². The van der Waals surface area contributed by atoms with Gasteiger partial charge in [0, 0.05) is 11.4 Å². The summed E-state index contributed by atoms with van der Waals surface area (Å²) < 4.78 is 34.6. The summed E-state index contributed by atoms with van der Waals surface area (Å²) in [6.45, 7) is -0.778. The normalized spacial score (nSPS) is 11.2. The molecule has 0 bridgehead atoms. The minimum Gasteiger partial charge on any atom is -0.871 e. The molecule has 0 aliphatic rings. The van der Waals surface area contributed by atoms with Crippen molar-refractivity contribution in [3.05, 3.63) is 109 Å². The first-order chi connectivity index (χ1) is 27.2. The van der Waals surface area contributed by atoms with Crippen molar-refractivity contribution in [3.63, 3.8) is 0 Å². The first kappa shape index (κ1) is 49.6. The minimum absolute atomic E-state index is 0. The third-order valence-corrected chi connectivity index (χ3v) is 8.97. The van der Waals surface area contributed by atoms with Crippen LogP contribution in [0.25, 0.3) is 21.9 Å². The van der Waals surface area contributed by atoms with Gasteiger partial charge in [0.1, 0.15) is 16.3 Å². The summed E-state index contributed by atoms with van der Waals surface area (Å²) in [5.41, 5.74) is 16.2. The van der Waals surface area contributed by atoms with Gasteiger partial charge in [-0.15, -0.1) is 15.3 Å². The van der Waals surface area contributed by atoms with Crippen LogP contribution in [0.4, 0.5) is 56.9 Å². The standard InChI is InChI=1S/C38H32N10O8S.3Na/c39-30-17-26(41-19-35(49)50)11-13-32(30)46-43-24-6-1-21(2-7-24)22-3-8-25(9-4-22)44-48-37-34(57(54,55)56)15-23-5-10-28(16-29(23)38(37)53)45-47-33-14-12-27(18-31(33)40)42-20-36(51)52;;;/h1-18,41-42,53H,19-20,39-40H2,(H,49,50)(H,51,52)(H,54,55,56);;;/q;3*+1/p-3. The molecule has 0 saturated carbocycles. The van der Waals surface area contributed by atoms with Gasteiger partial charge in [-0.2, -0.15) is 23.8 Å². The van der Waals surface area contributed by atoms with E-state index in [-0.39, 0.29) is 129 Å². The number of hydrogen-bond acceptors (Lipinski definition) is 17. The first-order valence-electron chi connectivity index (χ1n) is 16.6. The van der Waals surface area contributed by atoms with Crippen molar-refractivity contribution in [2.75, 3.05) is 35.2 Å². The quantitative estimate of drug-likeness (QED) is 0.0310. The average molecular weight is 855 g/mol. The van der Waals surface area contributed by atoms with Gasteiger partial charge < -0.3 is 47.0 Å². The van der Waals surface area contributed by atoms with Gasteiger partial charge in [-0.1, -0.05) is 36.1 Å². The molecule has 22 heteroatoms. The number of nitrogens with one attached hydrogen (secondary N) is 2. The molecule has 0 heterocycles. The van der Waals surface area contributed by atoms with Crippen LogP contribution in [0.3, 0.4) is 0 Å². The van der Waals surface area contributed by atoms with Gasteiger partial charge in [0.25, 0.3) is 10.1 Å². The van der Waals surface area contributed by atoms with Crippen LogP contribution in [-0.2, 0) is 19.7 Å². The molecule has 60 heavy (non-hydrogen) atoms. The number of anilines is 4. The number of nitrogens with two attached hydrogens (primary N) is 2. The molecule has 0 saturated heterocycles. The molecule has 0 unspecified atom stereocenters. The molecular weight excluding hydrogens is 826 g/mol. The molecule has 0 atom stereocenters. The maximum atomic E-state index is 13.6. The van der Waals surface area contributed by atoms with E-state index in [1.807, 2.05) is 12.1 Å². The van der Waals surface area contributed by atoms with E-state index in [0.29, 0.717) is 28.4 Å². The Kier molecular flexibility index (Phi) is 18.3. The van der Waals surface area contributed by atoms with E-state index in [1.54, 1.807) is 54.6 Å². The molecule has 288 valence electrons. The number of carboxylic acid groups (broad SMARTS) is 2. The van der Waals surface area contributed by atoms with Crippen LogP contribution >= 0.6 is 0 Å². The predicted octanol–water partition coefficient (Wildman–Crippen LogP) is -3.43. The number of fused-ring (bicyclic) bond motifs is 1. The van der Waals surface area contributed by atoms with E-state index >= 15 is 0 Å². The Balaban J connectivity index is 0.00000320. The summed E-state index contributed by atoms with van der Waals surface area (Å²) in [6, 6.07) is 28.5. The molecule has 0 spiro atoms. The fraction of sp³-hybridized carbons (Fsp3) is 0.0526. The first-order valence-corrected chi connectivity index (χ1v) is 18.0. The Morgan fingerprint density at radius 1 is 0.583 bits per heavy atom. The number of nitrogens with zero attached hydrogens (tertiary/aromatic N) is 6. The van der Waals surface area contributed by atoms with E-state index in [0.717, 1.165) is 17.2 Å². The Hall–Kier alpha value is -4.77. The fourth-order valence-corrected chi connectivity index (χ4v) is 5.95. The van der Waals surface area contributed by atoms with E-state index in [1.165, 1.54) is 36.4 Å². The van der Waals surface area contributed by atoms with Crippen LogP contribution in [0.2, 0.25) is 0 Å². The number of aliphatic carboxylic acids is 2. The summed E-state index contributed by atoms with van der Waals surface area (Å²) in [7, 11) is -4.89. The molecule has 0 fully saturated rings. The van der Waals surface area contributed by atoms with Crippen molar-refractivity contribution < 1.29 is 127 Å². The van der Waals surface area contributed by atoms with Crippen molar-refractivity contribution >= 4 is 89.7 Å². The number of nitrogen functional groups attached to an aromatic ring is 2. The van der Waals surface area contributed by atoms with Crippen LogP contribution in [-0.4, -0.2) is 38.0 Å². The summed E-state index contributed by atoms with van der Waals surface area (Å²) in [4.78, 5) is 20.6. The molecule has 0 radical (unpaired) electrons. The molecule has 0 aliphatic carbocycles. The van der Waals surface area contributed by atoms with Crippen LogP contribution in [0, 0.1) is 0 Å². The molecular formula is C38H29N10Na3O8S. The van der Waals surface area contributed by atoms with Gasteiger partial charge in [0.15, 0.2) is 0 Å². The topological polar surface area (TPSA) is 308 Å². The summed E-state index contributed by atoms with van der Waals surface area (Å²) in [6.07, 6.45) is 0. The van der Waals surface area contributed by atoms with E-state index in [2.05, 4.69) is 41.3 Å². The molecule has 6 aromatic carbocycles. The second-order valence-electron chi connectivity index (χ2n) is 12.1. The zero-order chi connectivity index (χ0) is 40.7. The van der Waals surface area contributed by atoms with Crippen molar-refractivity contribution in [3.8, 4) is 16.9 Å². The average Bonchev–Trinajstić information content (AvgIpc) is 3.18. The van der Waals surface area contributed by atoms with Gasteiger partial charge in [-0.05, 0) is 101 Å². The Labute approximate surface area is 408 Å². The number of azo groups is 3. The third kappa shape index (κ3) is 13.1. The number of carbonyl (C=O) groups excluding carboxylic acids is 2. The van der Waals surface area contributed by atoms with Gasteiger partial charge in [-0.25, -0.2) is 0 Å². The van der Waals surface area contributed by atoms with Crippen molar-refractivity contribution in [2.45, 2.75) is 4.90 Å². The molecule has 0 aromatic heterocycles. The largest absolute Gasteiger partial charge is 1.00 e. The summed E-state index contributed by atoms with van der Waals surface area (Å²) >= 11 is 0. The molecule has 7 N–H and O–H groups in total. The fourth-order valence-electron chi connectivity index (χ4n) is 5.30. The Bertz CT molecular complexity index is 2720. The Morgan fingerprint density at radius 3 is 1.45 bits per heavy atom. The van der Waals surface area contributed by atoms with E-state index in [9.17, 15) is 37.9 Å². The van der Waals surface area contributed by atoms with Gasteiger partial charge in [0.2, 0.25) is 0 Å². The van der Waals surface area contributed by atoms with Gasteiger partial charge in [0.05, 0.1) is 59.2 Å². The number of carboxylic acids is 2. The summed E-state index contributed by atoms with van der Waals surface area (Å²) in [5.74, 6) is -3.38.